The number of rotatable bonds is 5. The molecule has 108 valence electrons. The van der Waals surface area contributed by atoms with E-state index >= 15 is 0 Å². The Morgan fingerprint density at radius 2 is 1.62 bits per heavy atom. The van der Waals surface area contributed by atoms with E-state index in [-0.39, 0.29) is 5.78 Å². The lowest BCUT2D eigenvalue weighted by atomic mass is 10.1. The summed E-state index contributed by atoms with van der Waals surface area (Å²) in [7, 11) is 3.85. The van der Waals surface area contributed by atoms with Gasteiger partial charge in [-0.25, -0.2) is 0 Å². The second kappa shape index (κ2) is 7.14. The van der Waals surface area contributed by atoms with Crippen molar-refractivity contribution in [3.63, 3.8) is 0 Å². The third-order valence-corrected chi connectivity index (χ3v) is 4.14. The van der Waals surface area contributed by atoms with Crippen molar-refractivity contribution in [3.05, 3.63) is 76.8 Å². The van der Waals surface area contributed by atoms with E-state index in [1.807, 2.05) is 73.7 Å². The number of allylic oxidation sites excluding steroid dienone is 1. The Balaban J connectivity index is 2.32. The van der Waals surface area contributed by atoms with E-state index in [2.05, 4.69) is 13.0 Å². The van der Waals surface area contributed by atoms with Crippen LogP contribution >= 0.6 is 11.8 Å². The molecular formula is C18H19NOS. The van der Waals surface area contributed by atoms with Gasteiger partial charge in [-0.1, -0.05) is 60.3 Å². The van der Waals surface area contributed by atoms with Crippen LogP contribution in [0.2, 0.25) is 0 Å². The molecule has 0 aromatic heterocycles. The smallest absolute Gasteiger partial charge is 0.201 e. The minimum Gasteiger partial charge on any atom is -0.382 e. The fraction of sp³-hybridized carbons (Fsp3) is 0.167. The van der Waals surface area contributed by atoms with Crippen molar-refractivity contribution in [1.29, 1.82) is 0 Å². The molecule has 0 saturated carbocycles. The number of Topliss-reactive ketones (excluding diaryl/α,β-unsaturated/α-hetero) is 1. The first kappa shape index (κ1) is 15.4. The van der Waals surface area contributed by atoms with E-state index in [1.165, 1.54) is 17.3 Å². The molecule has 0 aliphatic heterocycles. The molecular weight excluding hydrogens is 278 g/mol. The quantitative estimate of drug-likeness (QED) is 0.464. The van der Waals surface area contributed by atoms with Crippen LogP contribution in [0.15, 0.2) is 70.6 Å². The Bertz CT molecular complexity index is 647. The highest BCUT2D eigenvalue weighted by molar-refractivity contribution is 8.04. The number of ketones is 1. The molecule has 0 unspecified atom stereocenters. The van der Waals surface area contributed by atoms with Crippen molar-refractivity contribution in [2.24, 2.45) is 0 Å². The van der Waals surface area contributed by atoms with Crippen LogP contribution in [-0.4, -0.2) is 24.8 Å². The number of aryl methyl sites for hydroxylation is 1. The highest BCUT2D eigenvalue weighted by Gasteiger charge is 2.15. The molecule has 0 amide bonds. The monoisotopic (exact) mass is 297 g/mol. The van der Waals surface area contributed by atoms with Crippen LogP contribution in [-0.2, 0) is 0 Å². The Morgan fingerprint density at radius 3 is 2.24 bits per heavy atom. The molecule has 2 aromatic rings. The van der Waals surface area contributed by atoms with Crippen LogP contribution in [0, 0.1) is 6.92 Å². The van der Waals surface area contributed by atoms with Crippen LogP contribution in [0.25, 0.3) is 0 Å². The van der Waals surface area contributed by atoms with Gasteiger partial charge in [-0.3, -0.25) is 4.79 Å². The molecule has 0 aliphatic carbocycles. The zero-order valence-corrected chi connectivity index (χ0v) is 13.4. The summed E-state index contributed by atoms with van der Waals surface area (Å²) in [4.78, 5) is 16.4. The van der Waals surface area contributed by atoms with Crippen molar-refractivity contribution in [3.8, 4) is 0 Å². The molecule has 0 aliphatic rings. The Kier molecular flexibility index (Phi) is 5.23. The number of hydrogen-bond acceptors (Lipinski definition) is 3. The molecule has 0 N–H and O–H groups in total. The van der Waals surface area contributed by atoms with Crippen molar-refractivity contribution in [2.45, 2.75) is 11.8 Å². The molecule has 0 fully saturated rings. The first-order valence-electron chi connectivity index (χ1n) is 6.79. The van der Waals surface area contributed by atoms with Gasteiger partial charge in [-0.2, -0.15) is 0 Å². The lowest BCUT2D eigenvalue weighted by molar-refractivity contribution is 0.104. The topological polar surface area (TPSA) is 20.3 Å². The molecule has 2 aromatic carbocycles. The molecule has 0 heterocycles. The summed E-state index contributed by atoms with van der Waals surface area (Å²) in [5.41, 5.74) is 1.89. The van der Waals surface area contributed by atoms with Crippen molar-refractivity contribution >= 4 is 17.5 Å². The summed E-state index contributed by atoms with van der Waals surface area (Å²) >= 11 is 1.52. The maximum absolute atomic E-state index is 12.7. The number of carbonyl (C=O) groups excluding carboxylic acids is 1. The molecule has 0 saturated heterocycles. The lowest BCUT2D eigenvalue weighted by Crippen LogP contribution is -2.08. The summed E-state index contributed by atoms with van der Waals surface area (Å²) < 4.78 is 0. The average Bonchev–Trinajstić information content (AvgIpc) is 2.48. The first-order chi connectivity index (χ1) is 10.1. The van der Waals surface area contributed by atoms with Gasteiger partial charge in [0.05, 0.1) is 4.91 Å². The van der Waals surface area contributed by atoms with Crippen molar-refractivity contribution in [1.82, 2.24) is 4.90 Å². The number of hydrogen-bond donors (Lipinski definition) is 0. The minimum absolute atomic E-state index is 0.0533. The van der Waals surface area contributed by atoms with Crippen LogP contribution in [0.5, 0.6) is 0 Å². The van der Waals surface area contributed by atoms with Gasteiger partial charge in [0.1, 0.15) is 0 Å². The molecule has 21 heavy (non-hydrogen) atoms. The summed E-state index contributed by atoms with van der Waals surface area (Å²) in [6.07, 6.45) is 1.88. The predicted molar refractivity (Wildman–Crippen MR) is 89.6 cm³/mol. The maximum Gasteiger partial charge on any atom is 0.201 e. The highest BCUT2D eigenvalue weighted by Crippen LogP contribution is 2.31. The van der Waals surface area contributed by atoms with Crippen molar-refractivity contribution < 1.29 is 4.79 Å². The van der Waals surface area contributed by atoms with E-state index in [4.69, 9.17) is 0 Å². The van der Waals surface area contributed by atoms with Gasteiger partial charge in [0.2, 0.25) is 5.78 Å². The number of thioether (sulfide) groups is 1. The van der Waals surface area contributed by atoms with Gasteiger partial charge < -0.3 is 4.90 Å². The van der Waals surface area contributed by atoms with Gasteiger partial charge in [0.15, 0.2) is 0 Å². The van der Waals surface area contributed by atoms with Gasteiger partial charge in [0, 0.05) is 30.8 Å². The summed E-state index contributed by atoms with van der Waals surface area (Å²) in [6.45, 7) is 2.06. The molecule has 3 heteroatoms. The third-order valence-electron chi connectivity index (χ3n) is 2.95. The molecule has 0 radical (unpaired) electrons. The molecule has 0 spiro atoms. The van der Waals surface area contributed by atoms with E-state index in [0.717, 1.165) is 9.80 Å². The number of carbonyl (C=O) groups is 1. The molecule has 2 nitrogen and oxygen atoms in total. The maximum atomic E-state index is 12.7. The van der Waals surface area contributed by atoms with Gasteiger partial charge in [0.25, 0.3) is 0 Å². The molecule has 0 bridgehead atoms. The predicted octanol–water partition coefficient (Wildman–Crippen LogP) is 4.37. The van der Waals surface area contributed by atoms with Crippen LogP contribution in [0.3, 0.4) is 0 Å². The fourth-order valence-electron chi connectivity index (χ4n) is 1.89. The summed E-state index contributed by atoms with van der Waals surface area (Å²) in [5.74, 6) is 0.0533. The average molecular weight is 297 g/mol. The normalized spacial score (nSPS) is 11.3. The van der Waals surface area contributed by atoms with Crippen LogP contribution in [0.1, 0.15) is 15.9 Å². The minimum atomic E-state index is 0.0533. The SMILES string of the molecule is Cc1ccccc1S/C(=C\N(C)C)C(=O)c1ccccc1. The zero-order chi connectivity index (χ0) is 15.2. The number of benzene rings is 2. The molecule has 0 atom stereocenters. The second-order valence-corrected chi connectivity index (χ2v) is 6.10. The second-order valence-electron chi connectivity index (χ2n) is 5.02. The van der Waals surface area contributed by atoms with Crippen LogP contribution in [0.4, 0.5) is 0 Å². The Hall–Kier alpha value is -2.00. The highest BCUT2D eigenvalue weighted by atomic mass is 32.2. The van der Waals surface area contributed by atoms with E-state index in [9.17, 15) is 4.79 Å². The molecule has 2 rings (SSSR count). The van der Waals surface area contributed by atoms with Crippen LogP contribution < -0.4 is 0 Å². The zero-order valence-electron chi connectivity index (χ0n) is 12.5. The third kappa shape index (κ3) is 4.23. The lowest BCUT2D eigenvalue weighted by Gasteiger charge is -2.12. The Labute approximate surface area is 130 Å². The van der Waals surface area contributed by atoms with E-state index in [0.29, 0.717) is 5.56 Å². The van der Waals surface area contributed by atoms with Gasteiger partial charge in [-0.15, -0.1) is 0 Å². The van der Waals surface area contributed by atoms with E-state index in [1.54, 1.807) is 0 Å². The van der Waals surface area contributed by atoms with Crippen molar-refractivity contribution in [2.75, 3.05) is 14.1 Å². The fourth-order valence-corrected chi connectivity index (χ4v) is 2.97. The van der Waals surface area contributed by atoms with E-state index < -0.39 is 0 Å². The summed E-state index contributed by atoms with van der Waals surface area (Å²) in [5, 5.41) is 0. The largest absolute Gasteiger partial charge is 0.382 e. The standard InChI is InChI=1S/C18H19NOS/c1-14-9-7-8-12-16(14)21-17(13-19(2)3)18(20)15-10-5-4-6-11-15/h4-13H,1-3H3/b17-13-. The first-order valence-corrected chi connectivity index (χ1v) is 7.61. The Morgan fingerprint density at radius 1 is 1.00 bits per heavy atom. The van der Waals surface area contributed by atoms with Gasteiger partial charge in [-0.05, 0) is 18.6 Å². The summed E-state index contributed by atoms with van der Waals surface area (Å²) in [6, 6.07) is 17.5. The number of nitrogens with zero attached hydrogens (tertiary/aromatic N) is 1. The van der Waals surface area contributed by atoms with Gasteiger partial charge >= 0.3 is 0 Å².